The Bertz CT molecular complexity index is 989. The van der Waals surface area contributed by atoms with Crippen LogP contribution in [0.1, 0.15) is 181 Å². The van der Waals surface area contributed by atoms with Crippen molar-refractivity contribution in [3.63, 3.8) is 0 Å². The molecular formula is C40H74NO10P. The average Bonchev–Trinajstić information content (AvgIpc) is 3.12. The average molecular weight is 760 g/mol. The summed E-state index contributed by atoms with van der Waals surface area (Å²) < 4.78 is 32.4. The fourth-order valence-electron chi connectivity index (χ4n) is 5.57. The molecule has 0 heterocycles. The van der Waals surface area contributed by atoms with E-state index >= 15 is 0 Å². The number of phosphoric acid groups is 1. The normalized spacial score (nSPS) is 14.1. The fourth-order valence-corrected chi connectivity index (χ4v) is 6.35. The van der Waals surface area contributed by atoms with Gasteiger partial charge in [0.1, 0.15) is 12.6 Å². The molecule has 0 aliphatic carbocycles. The number of esters is 2. The second-order valence-corrected chi connectivity index (χ2v) is 15.3. The predicted molar refractivity (Wildman–Crippen MR) is 208 cm³/mol. The number of carbonyl (C=O) groups excluding carboxylic acids is 2. The lowest BCUT2D eigenvalue weighted by Crippen LogP contribution is -2.34. The molecule has 0 rings (SSSR count). The number of ether oxygens (including phenoxy) is 2. The quantitative estimate of drug-likeness (QED) is 0.0180. The van der Waals surface area contributed by atoms with E-state index in [1.807, 2.05) is 6.08 Å². The summed E-state index contributed by atoms with van der Waals surface area (Å²) in [7, 11) is -4.73. The summed E-state index contributed by atoms with van der Waals surface area (Å²) in [4.78, 5) is 45.7. The monoisotopic (exact) mass is 760 g/mol. The highest BCUT2D eigenvalue weighted by atomic mass is 31.2. The highest BCUT2D eigenvalue weighted by Gasteiger charge is 2.28. The molecule has 0 radical (unpaired) electrons. The van der Waals surface area contributed by atoms with Crippen LogP contribution in [0.5, 0.6) is 0 Å². The number of phosphoric ester groups is 1. The maximum atomic E-state index is 12.6. The van der Waals surface area contributed by atoms with Gasteiger partial charge in [0.25, 0.3) is 0 Å². The first-order valence-electron chi connectivity index (χ1n) is 20.4. The van der Waals surface area contributed by atoms with Crippen LogP contribution in [0.4, 0.5) is 0 Å². The van der Waals surface area contributed by atoms with Crippen molar-refractivity contribution in [1.29, 1.82) is 0 Å². The number of carbonyl (C=O) groups is 3. The number of aliphatic carboxylic acids is 1. The lowest BCUT2D eigenvalue weighted by Gasteiger charge is -2.20. The van der Waals surface area contributed by atoms with Gasteiger partial charge in [-0.3, -0.25) is 18.6 Å². The van der Waals surface area contributed by atoms with Crippen LogP contribution in [0.2, 0.25) is 0 Å². The standard InChI is InChI=1S/C40H74NO10P/c1-3-5-7-9-11-13-15-17-18-20-21-23-25-27-29-31-38(42)48-33-36(34-49-52(46,47)50-35-37(41)40(44)45)51-39(43)32-30-28-26-24-22-19-16-14-12-10-8-6-4-2/h25,27,29,31,36-37H,3-24,26,28,30,32-35,41H2,1-2H3,(H,44,45)(H,46,47)/b27-25+,31-29+/t36-,37+/m1/s1. The molecule has 3 atom stereocenters. The number of carboxylic acid groups (broad SMARTS) is 1. The summed E-state index contributed by atoms with van der Waals surface area (Å²) in [6, 6.07) is -1.53. The second kappa shape index (κ2) is 36.0. The zero-order valence-corrected chi connectivity index (χ0v) is 33.5. The van der Waals surface area contributed by atoms with Crippen molar-refractivity contribution < 1.29 is 47.5 Å². The first-order valence-corrected chi connectivity index (χ1v) is 21.9. The molecule has 0 fully saturated rings. The molecule has 0 aromatic heterocycles. The van der Waals surface area contributed by atoms with Gasteiger partial charge < -0.3 is 25.2 Å². The molecule has 52 heavy (non-hydrogen) atoms. The fraction of sp³-hybridized carbons (Fsp3) is 0.825. The Hall–Kier alpha value is -2.04. The Morgan fingerprint density at radius 1 is 0.635 bits per heavy atom. The van der Waals surface area contributed by atoms with Gasteiger partial charge in [0.2, 0.25) is 0 Å². The molecule has 0 aliphatic heterocycles. The Labute approximate surface area is 315 Å². The van der Waals surface area contributed by atoms with E-state index in [4.69, 9.17) is 24.8 Å². The molecule has 0 bridgehead atoms. The van der Waals surface area contributed by atoms with E-state index in [9.17, 15) is 23.8 Å². The molecule has 12 heteroatoms. The van der Waals surface area contributed by atoms with Crippen LogP contribution in [0.25, 0.3) is 0 Å². The molecule has 304 valence electrons. The van der Waals surface area contributed by atoms with Crippen molar-refractivity contribution in [1.82, 2.24) is 0 Å². The maximum absolute atomic E-state index is 12.6. The van der Waals surface area contributed by atoms with Crippen LogP contribution in [0.3, 0.4) is 0 Å². The first-order chi connectivity index (χ1) is 25.1. The van der Waals surface area contributed by atoms with Gasteiger partial charge in [-0.05, 0) is 19.3 Å². The molecule has 0 spiro atoms. The van der Waals surface area contributed by atoms with Crippen molar-refractivity contribution in [3.05, 3.63) is 24.3 Å². The molecule has 4 N–H and O–H groups in total. The number of hydrogen-bond donors (Lipinski definition) is 3. The van der Waals surface area contributed by atoms with E-state index < -0.39 is 57.7 Å². The minimum Gasteiger partial charge on any atom is -0.480 e. The van der Waals surface area contributed by atoms with E-state index in [1.165, 1.54) is 128 Å². The van der Waals surface area contributed by atoms with Gasteiger partial charge in [-0.2, -0.15) is 0 Å². The van der Waals surface area contributed by atoms with Crippen LogP contribution in [0.15, 0.2) is 24.3 Å². The van der Waals surface area contributed by atoms with Gasteiger partial charge in [0, 0.05) is 12.5 Å². The van der Waals surface area contributed by atoms with Gasteiger partial charge in [-0.15, -0.1) is 0 Å². The van der Waals surface area contributed by atoms with E-state index in [-0.39, 0.29) is 6.42 Å². The van der Waals surface area contributed by atoms with Gasteiger partial charge >= 0.3 is 25.7 Å². The molecule has 11 nitrogen and oxygen atoms in total. The summed E-state index contributed by atoms with van der Waals surface area (Å²) in [6.07, 6.45) is 35.9. The van der Waals surface area contributed by atoms with Crippen molar-refractivity contribution in [2.24, 2.45) is 5.73 Å². The number of nitrogens with two attached hydrogens (primary N) is 1. The Balaban J connectivity index is 4.49. The van der Waals surface area contributed by atoms with Crippen LogP contribution in [-0.4, -0.2) is 59.9 Å². The third kappa shape index (κ3) is 35.0. The van der Waals surface area contributed by atoms with E-state index in [2.05, 4.69) is 18.4 Å². The molecule has 0 saturated heterocycles. The molecule has 0 saturated carbocycles. The lowest BCUT2D eigenvalue weighted by atomic mass is 10.0. The summed E-state index contributed by atoms with van der Waals surface area (Å²) >= 11 is 0. The molecule has 0 aromatic carbocycles. The number of hydrogen-bond acceptors (Lipinski definition) is 9. The third-order valence-electron chi connectivity index (χ3n) is 8.81. The van der Waals surface area contributed by atoms with Crippen molar-refractivity contribution >= 4 is 25.7 Å². The SMILES string of the molecule is CCCCCCCCCCCCC/C=C/C=C/C(=O)OC[C@H](COP(=O)(O)OC[C@H](N)C(=O)O)OC(=O)CCCCCCCCCCCCCCC. The summed E-state index contributed by atoms with van der Waals surface area (Å²) in [5.74, 6) is -2.63. The largest absolute Gasteiger partial charge is 0.480 e. The minimum absolute atomic E-state index is 0.146. The summed E-state index contributed by atoms with van der Waals surface area (Å²) in [5, 5.41) is 8.86. The van der Waals surface area contributed by atoms with Gasteiger partial charge in [-0.25, -0.2) is 9.36 Å². The van der Waals surface area contributed by atoms with Crippen molar-refractivity contribution in [2.45, 2.75) is 193 Å². The predicted octanol–water partition coefficient (Wildman–Crippen LogP) is 10.3. The lowest BCUT2D eigenvalue weighted by molar-refractivity contribution is -0.159. The van der Waals surface area contributed by atoms with Gasteiger partial charge in [-0.1, -0.05) is 173 Å². The number of carboxylic acids is 1. The van der Waals surface area contributed by atoms with Crippen LogP contribution in [0, 0.1) is 0 Å². The Morgan fingerprint density at radius 3 is 1.56 bits per heavy atom. The minimum atomic E-state index is -4.73. The van der Waals surface area contributed by atoms with Crippen molar-refractivity contribution in [2.75, 3.05) is 19.8 Å². The Kier molecular flexibility index (Phi) is 34.6. The van der Waals surface area contributed by atoms with E-state index in [0.717, 1.165) is 32.1 Å². The van der Waals surface area contributed by atoms with Crippen LogP contribution in [-0.2, 0) is 37.5 Å². The molecule has 0 amide bonds. The summed E-state index contributed by atoms with van der Waals surface area (Å²) in [5.41, 5.74) is 5.31. The van der Waals surface area contributed by atoms with E-state index in [1.54, 1.807) is 12.2 Å². The van der Waals surface area contributed by atoms with Crippen molar-refractivity contribution in [3.8, 4) is 0 Å². The third-order valence-corrected chi connectivity index (χ3v) is 9.76. The molecule has 0 aliphatic rings. The number of rotatable bonds is 38. The molecule has 1 unspecified atom stereocenters. The van der Waals surface area contributed by atoms with Crippen LogP contribution < -0.4 is 5.73 Å². The summed E-state index contributed by atoms with van der Waals surface area (Å²) in [6.45, 7) is 2.68. The van der Waals surface area contributed by atoms with Gasteiger partial charge in [0.15, 0.2) is 6.10 Å². The van der Waals surface area contributed by atoms with Crippen LogP contribution >= 0.6 is 7.82 Å². The highest BCUT2D eigenvalue weighted by molar-refractivity contribution is 7.47. The number of allylic oxidation sites excluding steroid dienone is 3. The molecule has 0 aromatic rings. The first kappa shape index (κ1) is 50.0. The highest BCUT2D eigenvalue weighted by Crippen LogP contribution is 2.43. The zero-order valence-electron chi connectivity index (χ0n) is 32.7. The second-order valence-electron chi connectivity index (χ2n) is 13.9. The topological polar surface area (TPSA) is 172 Å². The Morgan fingerprint density at radius 2 is 1.08 bits per heavy atom. The number of unbranched alkanes of at least 4 members (excludes halogenated alkanes) is 23. The molecular weight excluding hydrogens is 685 g/mol. The maximum Gasteiger partial charge on any atom is 0.472 e. The zero-order chi connectivity index (χ0) is 38.5. The smallest absolute Gasteiger partial charge is 0.472 e. The van der Waals surface area contributed by atoms with Gasteiger partial charge in [0.05, 0.1) is 13.2 Å². The van der Waals surface area contributed by atoms with E-state index in [0.29, 0.717) is 6.42 Å².